The predicted octanol–water partition coefficient (Wildman–Crippen LogP) is 2.27. The molecule has 1 aliphatic carbocycles. The molecule has 1 aromatic rings. The molecule has 1 heterocycles. The van der Waals surface area contributed by atoms with E-state index >= 15 is 0 Å². The van der Waals surface area contributed by atoms with Crippen LogP contribution in [0.4, 0.5) is 0 Å². The molecule has 104 valence electrons. The number of nitrogens with zero attached hydrogens (tertiary/aromatic N) is 1. The Morgan fingerprint density at radius 2 is 2.16 bits per heavy atom. The van der Waals surface area contributed by atoms with E-state index in [1.54, 1.807) is 31.1 Å². The van der Waals surface area contributed by atoms with Crippen molar-refractivity contribution in [2.45, 2.75) is 45.7 Å². The molecule has 0 aromatic carbocycles. The van der Waals surface area contributed by atoms with Gasteiger partial charge in [0.15, 0.2) is 0 Å². The van der Waals surface area contributed by atoms with Crippen LogP contribution in [0.5, 0.6) is 0 Å². The fraction of sp³-hybridized carbons (Fsp3) is 0.571. The average molecular weight is 265 g/mol. The number of rotatable bonds is 6. The van der Waals surface area contributed by atoms with Gasteiger partial charge in [-0.25, -0.2) is 0 Å². The maximum absolute atomic E-state index is 12.3. The lowest BCUT2D eigenvalue weighted by Gasteiger charge is -2.26. The van der Waals surface area contributed by atoms with Crippen molar-refractivity contribution in [1.29, 1.82) is 0 Å². The van der Waals surface area contributed by atoms with Crippen LogP contribution >= 0.6 is 0 Å². The van der Waals surface area contributed by atoms with Crippen LogP contribution in [-0.2, 0) is 16.1 Å². The van der Waals surface area contributed by atoms with Gasteiger partial charge in [0.2, 0.25) is 5.91 Å². The quantitative estimate of drug-likeness (QED) is 0.856. The van der Waals surface area contributed by atoms with Crippen LogP contribution < -0.4 is 0 Å². The van der Waals surface area contributed by atoms with Crippen molar-refractivity contribution in [2.75, 3.05) is 0 Å². The Kier molecular flexibility index (Phi) is 3.64. The fourth-order valence-corrected chi connectivity index (χ4v) is 1.93. The molecule has 1 amide bonds. The second-order valence-electron chi connectivity index (χ2n) is 5.70. The summed E-state index contributed by atoms with van der Waals surface area (Å²) in [6, 6.07) is 3.85. The molecule has 0 spiro atoms. The van der Waals surface area contributed by atoms with Gasteiger partial charge < -0.3 is 14.4 Å². The van der Waals surface area contributed by atoms with Crippen molar-refractivity contribution in [1.82, 2.24) is 4.90 Å². The lowest BCUT2D eigenvalue weighted by Crippen LogP contribution is -2.37. The van der Waals surface area contributed by atoms with Crippen LogP contribution in [0.25, 0.3) is 0 Å². The van der Waals surface area contributed by atoms with Crippen molar-refractivity contribution < 1.29 is 19.1 Å². The van der Waals surface area contributed by atoms with Crippen LogP contribution in [0.2, 0.25) is 0 Å². The Labute approximate surface area is 112 Å². The van der Waals surface area contributed by atoms with E-state index in [1.807, 2.05) is 6.07 Å². The van der Waals surface area contributed by atoms with Gasteiger partial charge in [-0.05, 0) is 38.8 Å². The SMILES string of the molecule is CC(C)(CC(=O)N(Cc1ccco1)C1CC1)C(=O)O. The summed E-state index contributed by atoms with van der Waals surface area (Å²) < 4.78 is 5.26. The summed E-state index contributed by atoms with van der Waals surface area (Å²) in [6.07, 6.45) is 3.56. The summed E-state index contributed by atoms with van der Waals surface area (Å²) >= 11 is 0. The third-order valence-electron chi connectivity index (χ3n) is 3.39. The second-order valence-corrected chi connectivity index (χ2v) is 5.70. The van der Waals surface area contributed by atoms with E-state index in [0.29, 0.717) is 6.54 Å². The summed E-state index contributed by atoms with van der Waals surface area (Å²) in [6.45, 7) is 3.57. The molecule has 1 aromatic heterocycles. The van der Waals surface area contributed by atoms with E-state index in [9.17, 15) is 9.59 Å². The van der Waals surface area contributed by atoms with Gasteiger partial charge in [-0.3, -0.25) is 9.59 Å². The first-order chi connectivity index (χ1) is 8.90. The van der Waals surface area contributed by atoms with Crippen LogP contribution in [-0.4, -0.2) is 27.9 Å². The molecule has 1 fully saturated rings. The molecule has 0 saturated heterocycles. The van der Waals surface area contributed by atoms with Crippen molar-refractivity contribution in [3.63, 3.8) is 0 Å². The number of carbonyl (C=O) groups is 2. The highest BCUT2D eigenvalue weighted by molar-refractivity contribution is 5.84. The number of carboxylic acids is 1. The number of aliphatic carboxylic acids is 1. The smallest absolute Gasteiger partial charge is 0.309 e. The highest BCUT2D eigenvalue weighted by Crippen LogP contribution is 2.31. The van der Waals surface area contributed by atoms with Crippen molar-refractivity contribution in [3.05, 3.63) is 24.2 Å². The number of carboxylic acid groups (broad SMARTS) is 1. The standard InChI is InChI=1S/C14H19NO4/c1-14(2,13(17)18)8-12(16)15(10-5-6-10)9-11-4-3-7-19-11/h3-4,7,10H,5-6,8-9H2,1-2H3,(H,17,18). The van der Waals surface area contributed by atoms with Gasteiger partial charge in [0.05, 0.1) is 18.2 Å². The topological polar surface area (TPSA) is 70.8 Å². The highest BCUT2D eigenvalue weighted by atomic mass is 16.4. The van der Waals surface area contributed by atoms with Gasteiger partial charge in [-0.2, -0.15) is 0 Å². The van der Waals surface area contributed by atoms with E-state index < -0.39 is 11.4 Å². The molecule has 2 rings (SSSR count). The largest absolute Gasteiger partial charge is 0.481 e. The molecule has 1 saturated carbocycles. The van der Waals surface area contributed by atoms with E-state index in [0.717, 1.165) is 18.6 Å². The summed E-state index contributed by atoms with van der Waals surface area (Å²) in [5, 5.41) is 9.09. The van der Waals surface area contributed by atoms with Gasteiger partial charge in [0, 0.05) is 12.5 Å². The predicted molar refractivity (Wildman–Crippen MR) is 68.3 cm³/mol. The van der Waals surface area contributed by atoms with Crippen LogP contribution in [0, 0.1) is 5.41 Å². The number of hydrogen-bond acceptors (Lipinski definition) is 3. The minimum absolute atomic E-state index is 0.0134. The first-order valence-electron chi connectivity index (χ1n) is 6.45. The van der Waals surface area contributed by atoms with Crippen molar-refractivity contribution >= 4 is 11.9 Å². The number of furan rings is 1. The summed E-state index contributed by atoms with van der Waals surface area (Å²) in [5.74, 6) is -0.339. The molecule has 0 atom stereocenters. The third-order valence-corrected chi connectivity index (χ3v) is 3.39. The Bertz CT molecular complexity index is 460. The lowest BCUT2D eigenvalue weighted by molar-refractivity contribution is -0.151. The Balaban J connectivity index is 2.03. The second kappa shape index (κ2) is 5.07. The average Bonchev–Trinajstić information content (AvgIpc) is 3.02. The number of hydrogen-bond donors (Lipinski definition) is 1. The third kappa shape index (κ3) is 3.36. The zero-order valence-corrected chi connectivity index (χ0v) is 11.3. The lowest BCUT2D eigenvalue weighted by atomic mass is 9.89. The van der Waals surface area contributed by atoms with E-state index in [2.05, 4.69) is 0 Å². The van der Waals surface area contributed by atoms with Gasteiger partial charge >= 0.3 is 5.97 Å². The molecule has 19 heavy (non-hydrogen) atoms. The van der Waals surface area contributed by atoms with E-state index in [1.165, 1.54) is 0 Å². The van der Waals surface area contributed by atoms with Gasteiger partial charge in [-0.15, -0.1) is 0 Å². The van der Waals surface area contributed by atoms with Crippen molar-refractivity contribution in [2.24, 2.45) is 5.41 Å². The summed E-state index contributed by atoms with van der Waals surface area (Å²) in [5.41, 5.74) is -1.03. The Morgan fingerprint density at radius 3 is 2.63 bits per heavy atom. The number of carbonyl (C=O) groups excluding carboxylic acids is 1. The van der Waals surface area contributed by atoms with Crippen molar-refractivity contribution in [3.8, 4) is 0 Å². The molecule has 1 N–H and O–H groups in total. The minimum Gasteiger partial charge on any atom is -0.481 e. The minimum atomic E-state index is -1.03. The molecule has 0 unspecified atom stereocenters. The number of amides is 1. The maximum atomic E-state index is 12.3. The molecular formula is C14H19NO4. The normalized spacial score (nSPS) is 15.3. The molecule has 0 aliphatic heterocycles. The molecule has 5 heteroatoms. The Hall–Kier alpha value is -1.78. The monoisotopic (exact) mass is 265 g/mol. The van der Waals surface area contributed by atoms with Gasteiger partial charge in [-0.1, -0.05) is 0 Å². The summed E-state index contributed by atoms with van der Waals surface area (Å²) in [7, 11) is 0. The maximum Gasteiger partial charge on any atom is 0.309 e. The van der Waals surface area contributed by atoms with Crippen LogP contribution in [0.1, 0.15) is 38.9 Å². The zero-order chi connectivity index (χ0) is 14.0. The van der Waals surface area contributed by atoms with E-state index in [4.69, 9.17) is 9.52 Å². The fourth-order valence-electron chi connectivity index (χ4n) is 1.93. The molecular weight excluding hydrogens is 246 g/mol. The first kappa shape index (κ1) is 13.6. The van der Waals surface area contributed by atoms with Crippen LogP contribution in [0.3, 0.4) is 0 Å². The highest BCUT2D eigenvalue weighted by Gasteiger charge is 2.37. The molecule has 1 aliphatic rings. The molecule has 0 radical (unpaired) electrons. The van der Waals surface area contributed by atoms with Gasteiger partial charge in [0.25, 0.3) is 0 Å². The Morgan fingerprint density at radius 1 is 1.47 bits per heavy atom. The summed E-state index contributed by atoms with van der Waals surface area (Å²) in [4.78, 5) is 25.1. The zero-order valence-electron chi connectivity index (χ0n) is 11.3. The molecule has 0 bridgehead atoms. The first-order valence-corrected chi connectivity index (χ1v) is 6.45. The molecule has 5 nitrogen and oxygen atoms in total. The van der Waals surface area contributed by atoms with E-state index in [-0.39, 0.29) is 18.4 Å². The van der Waals surface area contributed by atoms with Crippen LogP contribution in [0.15, 0.2) is 22.8 Å². The van der Waals surface area contributed by atoms with Gasteiger partial charge in [0.1, 0.15) is 5.76 Å².